The molecule has 0 aliphatic heterocycles. The number of benzene rings is 1. The zero-order valence-electron chi connectivity index (χ0n) is 16.5. The van der Waals surface area contributed by atoms with Crippen LogP contribution in [0.2, 0.25) is 5.02 Å². The van der Waals surface area contributed by atoms with Gasteiger partial charge in [-0.3, -0.25) is 9.67 Å². The van der Waals surface area contributed by atoms with Gasteiger partial charge in [-0.15, -0.1) is 0 Å². The molecule has 9 heteroatoms. The van der Waals surface area contributed by atoms with Crippen molar-refractivity contribution in [2.75, 3.05) is 7.05 Å². The molecule has 0 spiro atoms. The minimum atomic E-state index is -2.90. The highest BCUT2D eigenvalue weighted by molar-refractivity contribution is 6.30. The maximum absolute atomic E-state index is 12.6. The molecule has 0 saturated heterocycles. The quantitative estimate of drug-likeness (QED) is 0.512. The highest BCUT2D eigenvalue weighted by atomic mass is 35.5. The van der Waals surface area contributed by atoms with Gasteiger partial charge in [0.1, 0.15) is 5.75 Å². The molecule has 1 heterocycles. The molecule has 0 amide bonds. The van der Waals surface area contributed by atoms with Crippen molar-refractivity contribution in [1.82, 2.24) is 20.4 Å². The van der Waals surface area contributed by atoms with Crippen molar-refractivity contribution in [2.45, 2.75) is 46.4 Å². The monoisotopic (exact) mass is 413 g/mol. The summed E-state index contributed by atoms with van der Waals surface area (Å²) >= 11 is 5.99. The minimum absolute atomic E-state index is 0.0798. The SMILES string of the molecule is CCc1nn(C)c(CC)c1CNC(=NC)NCc1cc(Cl)ccc1OC(F)F. The minimum Gasteiger partial charge on any atom is -0.434 e. The first-order valence-corrected chi connectivity index (χ1v) is 9.48. The largest absolute Gasteiger partial charge is 0.434 e. The van der Waals surface area contributed by atoms with E-state index in [-0.39, 0.29) is 12.3 Å². The summed E-state index contributed by atoms with van der Waals surface area (Å²) < 4.78 is 31.7. The molecule has 0 aliphatic rings. The highest BCUT2D eigenvalue weighted by Crippen LogP contribution is 2.24. The second kappa shape index (κ2) is 10.3. The second-order valence-corrected chi connectivity index (χ2v) is 6.55. The molecule has 6 nitrogen and oxygen atoms in total. The summed E-state index contributed by atoms with van der Waals surface area (Å²) in [6.45, 7) is 2.06. The van der Waals surface area contributed by atoms with Crippen molar-refractivity contribution < 1.29 is 13.5 Å². The van der Waals surface area contributed by atoms with Crippen molar-refractivity contribution in [1.29, 1.82) is 0 Å². The molecule has 2 aromatic rings. The number of nitrogens with one attached hydrogen (secondary N) is 2. The second-order valence-electron chi connectivity index (χ2n) is 6.11. The fraction of sp³-hybridized carbons (Fsp3) is 0.474. The molecular weight excluding hydrogens is 388 g/mol. The molecule has 2 rings (SSSR count). The Hall–Kier alpha value is -2.35. The van der Waals surface area contributed by atoms with Gasteiger partial charge in [0, 0.05) is 49.0 Å². The van der Waals surface area contributed by atoms with Crippen molar-refractivity contribution in [3.8, 4) is 5.75 Å². The van der Waals surface area contributed by atoms with Crippen molar-refractivity contribution in [3.63, 3.8) is 0 Å². The molecule has 0 saturated carbocycles. The number of aliphatic imine (C=N–C) groups is 1. The van der Waals surface area contributed by atoms with Gasteiger partial charge in [-0.2, -0.15) is 13.9 Å². The van der Waals surface area contributed by atoms with Crippen LogP contribution in [0.4, 0.5) is 8.78 Å². The summed E-state index contributed by atoms with van der Waals surface area (Å²) in [6.07, 6.45) is 1.72. The number of hydrogen-bond donors (Lipinski definition) is 2. The van der Waals surface area contributed by atoms with Crippen LogP contribution >= 0.6 is 11.6 Å². The summed E-state index contributed by atoms with van der Waals surface area (Å²) in [7, 11) is 3.59. The first kappa shape index (κ1) is 21.9. The molecule has 0 atom stereocenters. The van der Waals surface area contributed by atoms with Crippen LogP contribution in [-0.2, 0) is 33.0 Å². The highest BCUT2D eigenvalue weighted by Gasteiger charge is 2.14. The summed E-state index contributed by atoms with van der Waals surface area (Å²) in [5, 5.41) is 11.4. The van der Waals surface area contributed by atoms with Gasteiger partial charge in [0.25, 0.3) is 0 Å². The van der Waals surface area contributed by atoms with Crippen molar-refractivity contribution in [3.05, 3.63) is 45.7 Å². The van der Waals surface area contributed by atoms with Crippen LogP contribution in [-0.4, -0.2) is 29.4 Å². The van der Waals surface area contributed by atoms with Gasteiger partial charge in [-0.1, -0.05) is 25.4 Å². The van der Waals surface area contributed by atoms with Crippen LogP contribution < -0.4 is 15.4 Å². The smallest absolute Gasteiger partial charge is 0.387 e. The number of guanidine groups is 1. The Morgan fingerprint density at radius 2 is 1.96 bits per heavy atom. The van der Waals surface area contributed by atoms with Gasteiger partial charge in [0.15, 0.2) is 5.96 Å². The fourth-order valence-electron chi connectivity index (χ4n) is 3.06. The first-order chi connectivity index (χ1) is 13.4. The van der Waals surface area contributed by atoms with E-state index in [2.05, 4.69) is 39.3 Å². The maximum atomic E-state index is 12.6. The topological polar surface area (TPSA) is 63.5 Å². The maximum Gasteiger partial charge on any atom is 0.387 e. The van der Waals surface area contributed by atoms with Crippen LogP contribution in [0.3, 0.4) is 0 Å². The number of aromatic nitrogens is 2. The number of rotatable bonds is 8. The van der Waals surface area contributed by atoms with Gasteiger partial charge < -0.3 is 15.4 Å². The molecule has 0 fully saturated rings. The number of hydrogen-bond acceptors (Lipinski definition) is 3. The average Bonchev–Trinajstić information content (AvgIpc) is 2.98. The molecule has 2 N–H and O–H groups in total. The molecule has 28 heavy (non-hydrogen) atoms. The summed E-state index contributed by atoms with van der Waals surface area (Å²) in [4.78, 5) is 4.19. The van der Waals surface area contributed by atoms with E-state index in [1.54, 1.807) is 13.1 Å². The normalized spacial score (nSPS) is 11.8. The van der Waals surface area contributed by atoms with E-state index in [0.717, 1.165) is 24.1 Å². The van der Waals surface area contributed by atoms with Crippen LogP contribution in [0.1, 0.15) is 36.4 Å². The average molecular weight is 414 g/mol. The summed E-state index contributed by atoms with van der Waals surface area (Å²) in [5.41, 5.74) is 3.88. The van der Waals surface area contributed by atoms with E-state index in [4.69, 9.17) is 11.6 Å². The lowest BCUT2D eigenvalue weighted by molar-refractivity contribution is -0.0504. The van der Waals surface area contributed by atoms with Crippen LogP contribution in [0.25, 0.3) is 0 Å². The molecule has 154 valence electrons. The number of alkyl halides is 2. The molecule has 0 radical (unpaired) electrons. The van der Waals surface area contributed by atoms with Gasteiger partial charge in [0.05, 0.1) is 5.69 Å². The Bertz CT molecular complexity index is 823. The lowest BCUT2D eigenvalue weighted by atomic mass is 10.1. The van der Waals surface area contributed by atoms with Gasteiger partial charge in [0.2, 0.25) is 0 Å². The first-order valence-electron chi connectivity index (χ1n) is 9.10. The standard InChI is InChI=1S/C19H26ClF2N5O/c1-5-15-14(16(6-2)27(4)26-15)11-25-19(23-3)24-10-12-9-13(20)7-8-17(12)28-18(21)22/h7-9,18H,5-6,10-11H2,1-4H3,(H2,23,24,25). The fourth-order valence-corrected chi connectivity index (χ4v) is 3.26. The van der Waals surface area contributed by atoms with Gasteiger partial charge >= 0.3 is 6.61 Å². The predicted molar refractivity (Wildman–Crippen MR) is 107 cm³/mol. The Labute approximate surface area is 168 Å². The number of halogens is 3. The Balaban J connectivity index is 2.06. The van der Waals surface area contributed by atoms with E-state index in [1.165, 1.54) is 17.8 Å². The van der Waals surface area contributed by atoms with E-state index < -0.39 is 6.61 Å². The third-order valence-corrected chi connectivity index (χ3v) is 4.60. The van der Waals surface area contributed by atoms with Crippen LogP contribution in [0.15, 0.2) is 23.2 Å². The van der Waals surface area contributed by atoms with Crippen LogP contribution in [0, 0.1) is 0 Å². The van der Waals surface area contributed by atoms with E-state index >= 15 is 0 Å². The van der Waals surface area contributed by atoms with E-state index in [9.17, 15) is 8.78 Å². The van der Waals surface area contributed by atoms with E-state index in [1.807, 2.05) is 11.7 Å². The molecule has 1 aromatic carbocycles. The lowest BCUT2D eigenvalue weighted by Crippen LogP contribution is -2.36. The Morgan fingerprint density at radius 1 is 1.25 bits per heavy atom. The number of ether oxygens (including phenoxy) is 1. The van der Waals surface area contributed by atoms with Crippen molar-refractivity contribution >= 4 is 17.6 Å². The molecular formula is C19H26ClF2N5O. The third-order valence-electron chi connectivity index (χ3n) is 4.37. The Kier molecular flexibility index (Phi) is 8.04. The lowest BCUT2D eigenvalue weighted by Gasteiger charge is -2.15. The predicted octanol–water partition coefficient (Wildman–Crippen LogP) is 3.66. The van der Waals surface area contributed by atoms with E-state index in [0.29, 0.717) is 23.1 Å². The zero-order valence-corrected chi connectivity index (χ0v) is 17.3. The molecule has 0 bridgehead atoms. The summed E-state index contributed by atoms with van der Waals surface area (Å²) in [6, 6.07) is 4.53. The summed E-state index contributed by atoms with van der Waals surface area (Å²) in [5.74, 6) is 0.618. The van der Waals surface area contributed by atoms with Gasteiger partial charge in [-0.25, -0.2) is 0 Å². The third kappa shape index (κ3) is 5.58. The van der Waals surface area contributed by atoms with Crippen LogP contribution in [0.5, 0.6) is 5.75 Å². The number of aryl methyl sites for hydroxylation is 2. The van der Waals surface area contributed by atoms with Gasteiger partial charge in [-0.05, 0) is 31.0 Å². The Morgan fingerprint density at radius 3 is 2.57 bits per heavy atom. The number of nitrogens with zero attached hydrogens (tertiary/aromatic N) is 3. The molecule has 0 aliphatic carbocycles. The molecule has 1 aromatic heterocycles. The molecule has 0 unspecified atom stereocenters. The zero-order chi connectivity index (χ0) is 20.7. The van der Waals surface area contributed by atoms with Crippen molar-refractivity contribution in [2.24, 2.45) is 12.0 Å².